The molecule has 3 aromatic carbocycles. The van der Waals surface area contributed by atoms with Crippen LogP contribution >= 0.6 is 0 Å². The summed E-state index contributed by atoms with van der Waals surface area (Å²) in [4.78, 5) is 32.6. The molecule has 2 atom stereocenters. The second-order valence-electron chi connectivity index (χ2n) is 8.34. The number of hydrogen-bond donors (Lipinski definition) is 1. The van der Waals surface area contributed by atoms with Gasteiger partial charge in [-0.25, -0.2) is 0 Å². The van der Waals surface area contributed by atoms with Crippen LogP contribution in [-0.2, 0) is 9.59 Å². The number of pyridine rings is 1. The van der Waals surface area contributed by atoms with Gasteiger partial charge in [0.25, 0.3) is 0 Å². The van der Waals surface area contributed by atoms with Crippen LogP contribution in [0.25, 0.3) is 11.1 Å². The summed E-state index contributed by atoms with van der Waals surface area (Å²) in [6.45, 7) is 1.89. The molecule has 0 spiro atoms. The van der Waals surface area contributed by atoms with E-state index in [0.29, 0.717) is 11.3 Å². The molecule has 6 heteroatoms. The highest BCUT2D eigenvalue weighted by Gasteiger charge is 2.33. The predicted molar refractivity (Wildman–Crippen MR) is 140 cm³/mol. The van der Waals surface area contributed by atoms with Gasteiger partial charge >= 0.3 is 0 Å². The van der Waals surface area contributed by atoms with Crippen molar-refractivity contribution in [3.05, 3.63) is 121 Å². The summed E-state index contributed by atoms with van der Waals surface area (Å²) in [5.74, 6) is -0.834. The number of rotatable bonds is 8. The molecule has 1 aromatic heterocycles. The third-order valence-corrected chi connectivity index (χ3v) is 5.92. The molecule has 0 fully saturated rings. The van der Waals surface area contributed by atoms with E-state index < -0.39 is 11.9 Å². The smallest absolute Gasteiger partial charge is 0.248 e. The van der Waals surface area contributed by atoms with Gasteiger partial charge in [0, 0.05) is 23.6 Å². The van der Waals surface area contributed by atoms with Crippen molar-refractivity contribution in [2.75, 3.05) is 4.90 Å². The summed E-state index contributed by atoms with van der Waals surface area (Å²) in [5, 5.41) is 12.3. The molecule has 178 valence electrons. The molecule has 4 rings (SSSR count). The molecule has 1 heterocycles. The van der Waals surface area contributed by atoms with Crippen molar-refractivity contribution < 1.29 is 9.59 Å². The fraction of sp³-hybridized carbons (Fsp3) is 0.133. The van der Waals surface area contributed by atoms with E-state index in [4.69, 9.17) is 0 Å². The molecule has 1 N–H and O–H groups in total. The van der Waals surface area contributed by atoms with E-state index in [2.05, 4.69) is 10.3 Å². The first-order chi connectivity index (χ1) is 17.6. The first kappa shape index (κ1) is 24.4. The van der Waals surface area contributed by atoms with Crippen molar-refractivity contribution in [1.82, 2.24) is 10.3 Å². The summed E-state index contributed by atoms with van der Waals surface area (Å²) < 4.78 is 0. The number of nitrogens with zero attached hydrogens (tertiary/aromatic N) is 3. The SMILES string of the molecule is CC(NC(=O)C(c1cccnc1)N(C(=O)CC#N)c1ccc(-c2ccccc2)cc1)c1ccccc1. The monoisotopic (exact) mass is 474 g/mol. The van der Waals surface area contributed by atoms with E-state index in [1.54, 1.807) is 36.7 Å². The largest absolute Gasteiger partial charge is 0.347 e. The van der Waals surface area contributed by atoms with Crippen LogP contribution in [0.3, 0.4) is 0 Å². The molecule has 0 radical (unpaired) electrons. The van der Waals surface area contributed by atoms with Gasteiger partial charge in [-0.05, 0) is 41.8 Å². The fourth-order valence-electron chi connectivity index (χ4n) is 4.11. The Hall–Kier alpha value is -4.76. The molecule has 6 nitrogen and oxygen atoms in total. The van der Waals surface area contributed by atoms with Crippen molar-refractivity contribution in [2.45, 2.75) is 25.4 Å². The highest BCUT2D eigenvalue weighted by atomic mass is 16.2. The van der Waals surface area contributed by atoms with Gasteiger partial charge in [0.05, 0.1) is 12.1 Å². The topological polar surface area (TPSA) is 86.1 Å². The molecule has 2 unspecified atom stereocenters. The van der Waals surface area contributed by atoms with Gasteiger partial charge in [-0.3, -0.25) is 19.5 Å². The zero-order valence-corrected chi connectivity index (χ0v) is 19.9. The average Bonchev–Trinajstić information content (AvgIpc) is 2.93. The second kappa shape index (κ2) is 11.6. The normalized spacial score (nSPS) is 12.1. The summed E-state index contributed by atoms with van der Waals surface area (Å²) in [5.41, 5.74) is 4.03. The van der Waals surface area contributed by atoms with Crippen LogP contribution in [0.1, 0.15) is 36.6 Å². The zero-order chi connectivity index (χ0) is 25.3. The molecule has 0 saturated heterocycles. The van der Waals surface area contributed by atoms with Crippen molar-refractivity contribution >= 4 is 17.5 Å². The molecule has 0 aliphatic rings. The molecule has 4 aromatic rings. The van der Waals surface area contributed by atoms with Crippen LogP contribution in [0.2, 0.25) is 0 Å². The van der Waals surface area contributed by atoms with Crippen molar-refractivity contribution in [1.29, 1.82) is 5.26 Å². The first-order valence-corrected chi connectivity index (χ1v) is 11.7. The van der Waals surface area contributed by atoms with E-state index in [1.165, 1.54) is 4.90 Å². The van der Waals surface area contributed by atoms with Gasteiger partial charge in [-0.1, -0.05) is 78.9 Å². The summed E-state index contributed by atoms with van der Waals surface area (Å²) >= 11 is 0. The number of nitriles is 1. The number of nitrogens with one attached hydrogen (secondary N) is 1. The van der Waals surface area contributed by atoms with Crippen molar-refractivity contribution in [3.63, 3.8) is 0 Å². The number of amides is 2. The summed E-state index contributed by atoms with van der Waals surface area (Å²) in [6.07, 6.45) is 2.82. The van der Waals surface area contributed by atoms with Crippen LogP contribution in [0.5, 0.6) is 0 Å². The minimum Gasteiger partial charge on any atom is -0.347 e. The molecule has 0 saturated carbocycles. The lowest BCUT2D eigenvalue weighted by atomic mass is 10.0. The van der Waals surface area contributed by atoms with Gasteiger partial charge in [0.1, 0.15) is 12.5 Å². The minimum absolute atomic E-state index is 0.286. The Labute approximate surface area is 210 Å². The van der Waals surface area contributed by atoms with Crippen molar-refractivity contribution in [2.24, 2.45) is 0 Å². The highest BCUT2D eigenvalue weighted by Crippen LogP contribution is 2.31. The summed E-state index contributed by atoms with van der Waals surface area (Å²) in [7, 11) is 0. The zero-order valence-electron chi connectivity index (χ0n) is 19.9. The number of hydrogen-bond acceptors (Lipinski definition) is 4. The first-order valence-electron chi connectivity index (χ1n) is 11.7. The maximum absolute atomic E-state index is 13.7. The Kier molecular flexibility index (Phi) is 7.84. The number of carbonyl (C=O) groups excluding carboxylic acids is 2. The van der Waals surface area contributed by atoms with E-state index in [0.717, 1.165) is 16.7 Å². The van der Waals surface area contributed by atoms with Crippen LogP contribution < -0.4 is 10.2 Å². The van der Waals surface area contributed by atoms with Gasteiger partial charge in [0.15, 0.2) is 0 Å². The Bertz CT molecular complexity index is 1330. The Balaban J connectivity index is 1.73. The Morgan fingerprint density at radius 3 is 2.08 bits per heavy atom. The lowest BCUT2D eigenvalue weighted by Crippen LogP contribution is -2.44. The number of aromatic nitrogens is 1. The Morgan fingerprint density at radius 2 is 1.47 bits per heavy atom. The van der Waals surface area contributed by atoms with Gasteiger partial charge < -0.3 is 5.32 Å². The molecule has 36 heavy (non-hydrogen) atoms. The second-order valence-corrected chi connectivity index (χ2v) is 8.34. The van der Waals surface area contributed by atoms with Crippen molar-refractivity contribution in [3.8, 4) is 17.2 Å². The highest BCUT2D eigenvalue weighted by molar-refractivity contribution is 6.02. The standard InChI is InChI=1S/C30H26N4O2/c1-22(23-9-4-2-5-10-23)33-30(36)29(26-13-8-20-32-21-26)34(28(35)18-19-31)27-16-14-25(15-17-27)24-11-6-3-7-12-24/h2-17,20-22,29H,18H2,1H3,(H,33,36). The third kappa shape index (κ3) is 5.65. The lowest BCUT2D eigenvalue weighted by Gasteiger charge is -2.32. The Morgan fingerprint density at radius 1 is 0.861 bits per heavy atom. The van der Waals surface area contributed by atoms with E-state index in [-0.39, 0.29) is 18.4 Å². The molecular formula is C30H26N4O2. The third-order valence-electron chi connectivity index (χ3n) is 5.92. The maximum Gasteiger partial charge on any atom is 0.248 e. The molecule has 0 bridgehead atoms. The lowest BCUT2D eigenvalue weighted by molar-refractivity contribution is -0.126. The molecule has 0 aliphatic carbocycles. The van der Waals surface area contributed by atoms with Crippen LogP contribution in [0.15, 0.2) is 109 Å². The quantitative estimate of drug-likeness (QED) is 0.359. The van der Waals surface area contributed by atoms with Crippen LogP contribution in [-0.4, -0.2) is 16.8 Å². The van der Waals surface area contributed by atoms with Gasteiger partial charge in [0.2, 0.25) is 11.8 Å². The number of benzene rings is 3. The van der Waals surface area contributed by atoms with Crippen LogP contribution in [0, 0.1) is 11.3 Å². The number of carbonyl (C=O) groups is 2. The minimum atomic E-state index is -1.01. The average molecular weight is 475 g/mol. The summed E-state index contributed by atoms with van der Waals surface area (Å²) in [6, 6.07) is 31.0. The van der Waals surface area contributed by atoms with Gasteiger partial charge in [-0.2, -0.15) is 5.26 Å². The number of anilines is 1. The molecule has 2 amide bonds. The van der Waals surface area contributed by atoms with E-state index >= 15 is 0 Å². The van der Waals surface area contributed by atoms with Gasteiger partial charge in [-0.15, -0.1) is 0 Å². The molecular weight excluding hydrogens is 448 g/mol. The van der Waals surface area contributed by atoms with E-state index in [9.17, 15) is 14.9 Å². The van der Waals surface area contributed by atoms with Crippen LogP contribution in [0.4, 0.5) is 5.69 Å². The predicted octanol–water partition coefficient (Wildman–Crippen LogP) is 5.61. The fourth-order valence-corrected chi connectivity index (χ4v) is 4.11. The maximum atomic E-state index is 13.7. The van der Waals surface area contributed by atoms with E-state index in [1.807, 2.05) is 85.8 Å². The molecule has 0 aliphatic heterocycles.